The van der Waals surface area contributed by atoms with Gasteiger partial charge in [0.2, 0.25) is 0 Å². The van der Waals surface area contributed by atoms with E-state index in [4.69, 9.17) is 19.4 Å². The van der Waals surface area contributed by atoms with E-state index in [2.05, 4.69) is 25.0 Å². The normalized spacial score (nSPS) is 25.7. The number of aromatic nitrogens is 1. The molecular formula is C13H18NO13P3. The summed E-state index contributed by atoms with van der Waals surface area (Å²) in [5.41, 5.74) is 0.730. The van der Waals surface area contributed by atoms with Gasteiger partial charge in [-0.15, -0.1) is 5.92 Å². The number of rotatable bonds is 9. The number of ether oxygens (including phenoxy) is 1. The van der Waals surface area contributed by atoms with Gasteiger partial charge < -0.3 is 34.0 Å². The van der Waals surface area contributed by atoms with E-state index in [9.17, 15) is 28.5 Å². The molecule has 0 aliphatic carbocycles. The summed E-state index contributed by atoms with van der Waals surface area (Å²) in [4.78, 5) is 46.8. The monoisotopic (exact) mass is 489 g/mol. The van der Waals surface area contributed by atoms with Crippen LogP contribution in [-0.2, 0) is 31.6 Å². The van der Waals surface area contributed by atoms with Gasteiger partial charge >= 0.3 is 23.5 Å². The SMILES string of the molecule is CC#Cc1cc(C=O)n([C@H]2C[C@H](O)[C@@H](COP(=O)(O)OP(=O)(O)OP(=O)(O)O)O2)c1. The van der Waals surface area contributed by atoms with Crippen molar-refractivity contribution < 1.29 is 61.1 Å². The van der Waals surface area contributed by atoms with Crippen molar-refractivity contribution in [3.63, 3.8) is 0 Å². The lowest BCUT2D eigenvalue weighted by Crippen LogP contribution is -2.26. The number of aliphatic hydroxyl groups is 1. The maximum absolute atomic E-state index is 11.7. The Bertz CT molecular complexity index is 988. The van der Waals surface area contributed by atoms with Crippen LogP contribution in [0.15, 0.2) is 12.3 Å². The molecule has 1 aliphatic rings. The molecule has 30 heavy (non-hydrogen) atoms. The van der Waals surface area contributed by atoms with E-state index in [0.29, 0.717) is 11.8 Å². The van der Waals surface area contributed by atoms with Gasteiger partial charge in [-0.3, -0.25) is 9.32 Å². The van der Waals surface area contributed by atoms with E-state index < -0.39 is 48.5 Å². The molecular weight excluding hydrogens is 471 g/mol. The Hall–Kier alpha value is -1.16. The Morgan fingerprint density at radius 3 is 2.47 bits per heavy atom. The molecule has 0 radical (unpaired) electrons. The smallest absolute Gasteiger partial charge is 0.390 e. The number of phosphoric ester groups is 1. The van der Waals surface area contributed by atoms with E-state index in [-0.39, 0.29) is 12.1 Å². The second-order valence-corrected chi connectivity index (χ2v) is 10.3. The number of carbonyl (C=O) groups excluding carboxylic acids is 1. The van der Waals surface area contributed by atoms with Crippen molar-refractivity contribution in [2.45, 2.75) is 31.8 Å². The van der Waals surface area contributed by atoms with Crippen LogP contribution in [-0.4, -0.2) is 54.3 Å². The van der Waals surface area contributed by atoms with E-state index in [1.165, 1.54) is 16.8 Å². The van der Waals surface area contributed by atoms with Crippen LogP contribution in [0.4, 0.5) is 0 Å². The lowest BCUT2D eigenvalue weighted by atomic mass is 10.2. The number of nitrogens with zero attached hydrogens (tertiary/aromatic N) is 1. The van der Waals surface area contributed by atoms with Crippen LogP contribution in [0.3, 0.4) is 0 Å². The zero-order valence-corrected chi connectivity index (χ0v) is 17.9. The molecule has 1 saturated heterocycles. The van der Waals surface area contributed by atoms with Crippen molar-refractivity contribution in [1.82, 2.24) is 4.57 Å². The minimum atomic E-state index is -5.65. The molecule has 1 aromatic rings. The molecule has 5 atom stereocenters. The topological polar surface area (TPSA) is 211 Å². The molecule has 2 unspecified atom stereocenters. The molecule has 14 nitrogen and oxygen atoms in total. The van der Waals surface area contributed by atoms with Crippen molar-refractivity contribution in [1.29, 1.82) is 0 Å². The minimum absolute atomic E-state index is 0.0288. The van der Waals surface area contributed by atoms with Crippen LogP contribution < -0.4 is 0 Å². The maximum Gasteiger partial charge on any atom is 0.490 e. The molecule has 2 rings (SSSR count). The predicted octanol–water partition coefficient (Wildman–Crippen LogP) is 0.664. The van der Waals surface area contributed by atoms with Gasteiger partial charge in [-0.25, -0.2) is 13.7 Å². The van der Waals surface area contributed by atoms with Crippen LogP contribution in [0.25, 0.3) is 0 Å². The molecule has 0 bridgehead atoms. The summed E-state index contributed by atoms with van der Waals surface area (Å²) in [7, 11) is -16.5. The third-order valence-electron chi connectivity index (χ3n) is 3.60. The molecule has 1 fully saturated rings. The number of aldehydes is 1. The summed E-state index contributed by atoms with van der Waals surface area (Å²) in [5.74, 6) is 5.42. The summed E-state index contributed by atoms with van der Waals surface area (Å²) in [6.45, 7) is 0.799. The third-order valence-corrected chi connectivity index (χ3v) is 7.40. The van der Waals surface area contributed by atoms with Gasteiger partial charge in [-0.05, 0) is 13.0 Å². The average molecular weight is 489 g/mol. The van der Waals surface area contributed by atoms with Gasteiger partial charge in [0.1, 0.15) is 12.3 Å². The van der Waals surface area contributed by atoms with Gasteiger partial charge in [0.05, 0.1) is 18.4 Å². The highest BCUT2D eigenvalue weighted by Gasteiger charge is 2.42. The van der Waals surface area contributed by atoms with Gasteiger partial charge in [0, 0.05) is 18.2 Å². The molecule has 0 amide bonds. The highest BCUT2D eigenvalue weighted by molar-refractivity contribution is 7.66. The predicted molar refractivity (Wildman–Crippen MR) is 96.7 cm³/mol. The van der Waals surface area contributed by atoms with Gasteiger partial charge in [-0.1, -0.05) is 5.92 Å². The largest absolute Gasteiger partial charge is 0.490 e. The molecule has 1 aromatic heterocycles. The molecule has 0 spiro atoms. The first kappa shape index (κ1) is 25.1. The average Bonchev–Trinajstić information content (AvgIpc) is 3.13. The third kappa shape index (κ3) is 7.21. The summed E-state index contributed by atoms with van der Waals surface area (Å²) < 4.78 is 52.2. The van der Waals surface area contributed by atoms with E-state index >= 15 is 0 Å². The zero-order valence-electron chi connectivity index (χ0n) is 15.2. The Kier molecular flexibility index (Phi) is 7.99. The first-order chi connectivity index (χ1) is 13.8. The van der Waals surface area contributed by atoms with E-state index in [1.54, 1.807) is 6.92 Å². The standard InChI is InChI=1S/C13H18NO13P3/c1-2-3-9-4-10(7-15)14(6-9)13-5-11(16)12(25-13)8-24-29(20,21)27-30(22,23)26-28(17,18)19/h4,6-7,11-13,16H,5,8H2,1H3,(H,20,21)(H,22,23)(H2,17,18,19)/t11-,12+,13+/m0/s1. The zero-order chi connectivity index (χ0) is 22.7. The van der Waals surface area contributed by atoms with Crippen molar-refractivity contribution in [3.05, 3.63) is 23.5 Å². The molecule has 2 heterocycles. The fourth-order valence-corrected chi connectivity index (χ4v) is 5.59. The number of hydrogen-bond donors (Lipinski definition) is 5. The fourth-order valence-electron chi connectivity index (χ4n) is 2.56. The van der Waals surface area contributed by atoms with Crippen molar-refractivity contribution >= 4 is 29.8 Å². The Morgan fingerprint density at radius 2 is 1.90 bits per heavy atom. The fraction of sp³-hybridized carbons (Fsp3) is 0.462. The highest BCUT2D eigenvalue weighted by atomic mass is 31.3. The van der Waals surface area contributed by atoms with Crippen LogP contribution in [0, 0.1) is 11.8 Å². The minimum Gasteiger partial charge on any atom is -0.390 e. The lowest BCUT2D eigenvalue weighted by molar-refractivity contribution is -0.0436. The summed E-state index contributed by atoms with van der Waals surface area (Å²) in [6.07, 6.45) is -1.23. The Balaban J connectivity index is 2.02. The molecule has 0 saturated carbocycles. The summed E-state index contributed by atoms with van der Waals surface area (Å²) >= 11 is 0. The quantitative estimate of drug-likeness (QED) is 0.184. The van der Waals surface area contributed by atoms with Crippen molar-refractivity contribution in [3.8, 4) is 11.8 Å². The van der Waals surface area contributed by atoms with Crippen LogP contribution >= 0.6 is 23.5 Å². The molecule has 17 heteroatoms. The Morgan fingerprint density at radius 1 is 1.23 bits per heavy atom. The first-order valence-electron chi connectivity index (χ1n) is 7.97. The number of hydrogen-bond acceptors (Lipinski definition) is 9. The number of aliphatic hydroxyl groups excluding tert-OH is 1. The summed E-state index contributed by atoms with van der Waals surface area (Å²) in [5, 5.41) is 10.1. The first-order valence-corrected chi connectivity index (χ1v) is 12.5. The van der Waals surface area contributed by atoms with Crippen LogP contribution in [0.2, 0.25) is 0 Å². The van der Waals surface area contributed by atoms with E-state index in [0.717, 1.165) is 0 Å². The second-order valence-electron chi connectivity index (χ2n) is 5.87. The van der Waals surface area contributed by atoms with E-state index in [1.807, 2.05) is 0 Å². The molecule has 168 valence electrons. The number of carbonyl (C=O) groups is 1. The van der Waals surface area contributed by atoms with Crippen molar-refractivity contribution in [2.24, 2.45) is 0 Å². The lowest BCUT2D eigenvalue weighted by Gasteiger charge is -2.19. The molecule has 0 aromatic carbocycles. The Labute approximate surface area is 169 Å². The van der Waals surface area contributed by atoms with Gasteiger partial charge in [0.15, 0.2) is 6.29 Å². The number of phosphoric acid groups is 3. The second kappa shape index (κ2) is 9.54. The molecule has 1 aliphatic heterocycles. The molecule has 5 N–H and O–H groups in total. The van der Waals surface area contributed by atoms with Crippen LogP contribution in [0.5, 0.6) is 0 Å². The van der Waals surface area contributed by atoms with Crippen molar-refractivity contribution in [2.75, 3.05) is 6.61 Å². The maximum atomic E-state index is 11.7. The highest BCUT2D eigenvalue weighted by Crippen LogP contribution is 2.66. The van der Waals surface area contributed by atoms with Gasteiger partial charge in [0.25, 0.3) is 0 Å². The van der Waals surface area contributed by atoms with Gasteiger partial charge in [-0.2, -0.15) is 8.62 Å². The van der Waals surface area contributed by atoms with Crippen LogP contribution in [0.1, 0.15) is 35.6 Å². The summed E-state index contributed by atoms with van der Waals surface area (Å²) in [6, 6.07) is 1.50.